The number of benzene rings is 1. The van der Waals surface area contributed by atoms with E-state index in [-0.39, 0.29) is 5.91 Å². The molecule has 0 saturated heterocycles. The van der Waals surface area contributed by atoms with Crippen molar-refractivity contribution < 1.29 is 9.53 Å². The molecule has 1 amide bonds. The van der Waals surface area contributed by atoms with Gasteiger partial charge in [-0.25, -0.2) is 9.97 Å². The van der Waals surface area contributed by atoms with Crippen LogP contribution in [0.2, 0.25) is 0 Å². The first-order chi connectivity index (χ1) is 12.6. The number of hydrogen-bond acceptors (Lipinski definition) is 5. The average molecular weight is 367 g/mol. The fourth-order valence-electron chi connectivity index (χ4n) is 2.70. The van der Waals surface area contributed by atoms with Crippen LogP contribution in [0.4, 0.5) is 0 Å². The predicted molar refractivity (Wildman–Crippen MR) is 104 cm³/mol. The van der Waals surface area contributed by atoms with E-state index in [2.05, 4.69) is 15.3 Å². The van der Waals surface area contributed by atoms with Crippen molar-refractivity contribution in [2.75, 3.05) is 13.7 Å². The van der Waals surface area contributed by atoms with E-state index in [1.165, 1.54) is 4.88 Å². The second-order valence-electron chi connectivity index (χ2n) is 5.99. The van der Waals surface area contributed by atoms with E-state index >= 15 is 0 Å². The second kappa shape index (κ2) is 8.10. The molecule has 0 radical (unpaired) electrons. The molecule has 0 spiro atoms. The summed E-state index contributed by atoms with van der Waals surface area (Å²) >= 11 is 1.62. The number of nitrogens with one attached hydrogen (secondary N) is 1. The maximum absolute atomic E-state index is 12.3. The molecule has 0 bridgehead atoms. The number of pyridine rings is 1. The molecule has 5 nitrogen and oxygen atoms in total. The van der Waals surface area contributed by atoms with Crippen molar-refractivity contribution in [3.05, 3.63) is 63.7 Å². The third-order valence-electron chi connectivity index (χ3n) is 4.24. The topological polar surface area (TPSA) is 64.1 Å². The monoisotopic (exact) mass is 367 g/mol. The van der Waals surface area contributed by atoms with Crippen molar-refractivity contribution in [2.45, 2.75) is 20.3 Å². The highest BCUT2D eigenvalue weighted by Gasteiger charge is 2.09. The molecular formula is C20H21N3O2S. The third kappa shape index (κ3) is 4.08. The van der Waals surface area contributed by atoms with E-state index in [0.29, 0.717) is 18.0 Å². The zero-order chi connectivity index (χ0) is 18.5. The molecule has 1 N–H and O–H groups in total. The highest BCUT2D eigenvalue weighted by Crippen LogP contribution is 2.25. The van der Waals surface area contributed by atoms with E-state index in [9.17, 15) is 4.79 Å². The average Bonchev–Trinajstić information content (AvgIpc) is 3.06. The van der Waals surface area contributed by atoms with Crippen molar-refractivity contribution in [1.29, 1.82) is 0 Å². The maximum atomic E-state index is 12.3. The van der Waals surface area contributed by atoms with E-state index in [1.54, 1.807) is 24.6 Å². The number of methoxy groups -OCH3 is 1. The van der Waals surface area contributed by atoms with Crippen molar-refractivity contribution in [2.24, 2.45) is 0 Å². The lowest BCUT2D eigenvalue weighted by atomic mass is 10.0. The predicted octanol–water partition coefficient (Wildman–Crippen LogP) is 3.80. The van der Waals surface area contributed by atoms with Gasteiger partial charge in [-0.05, 0) is 37.1 Å². The molecule has 3 aromatic rings. The summed E-state index contributed by atoms with van der Waals surface area (Å²) in [6.07, 6.45) is 2.59. The summed E-state index contributed by atoms with van der Waals surface area (Å²) in [6.45, 7) is 4.61. The molecule has 2 aromatic heterocycles. The largest absolute Gasteiger partial charge is 0.481 e. The van der Waals surface area contributed by atoms with Crippen LogP contribution in [0.3, 0.4) is 0 Å². The Balaban J connectivity index is 1.63. The van der Waals surface area contributed by atoms with Gasteiger partial charge in [0, 0.05) is 41.2 Å². The Kier molecular flexibility index (Phi) is 5.63. The van der Waals surface area contributed by atoms with Gasteiger partial charge >= 0.3 is 0 Å². The first-order valence-corrected chi connectivity index (χ1v) is 9.24. The molecule has 1 aromatic carbocycles. The van der Waals surface area contributed by atoms with Crippen LogP contribution in [0.25, 0.3) is 11.1 Å². The van der Waals surface area contributed by atoms with Crippen LogP contribution in [0.1, 0.15) is 26.5 Å². The molecule has 0 aliphatic carbocycles. The lowest BCUT2D eigenvalue weighted by Crippen LogP contribution is -2.25. The third-order valence-corrected chi connectivity index (χ3v) is 5.23. The summed E-state index contributed by atoms with van der Waals surface area (Å²) in [6, 6.07) is 9.47. The van der Waals surface area contributed by atoms with Crippen molar-refractivity contribution in [3.8, 4) is 17.0 Å². The van der Waals surface area contributed by atoms with Gasteiger partial charge in [0.1, 0.15) is 0 Å². The number of carbonyl (C=O) groups excluding carboxylic acids is 1. The fraction of sp³-hybridized carbons (Fsp3) is 0.250. The van der Waals surface area contributed by atoms with Crippen LogP contribution in [0.15, 0.2) is 42.0 Å². The number of ether oxygens (including phenoxy) is 1. The van der Waals surface area contributed by atoms with Gasteiger partial charge in [0.15, 0.2) is 0 Å². The lowest BCUT2D eigenvalue weighted by Gasteiger charge is -2.09. The highest BCUT2D eigenvalue weighted by molar-refractivity contribution is 7.09. The van der Waals surface area contributed by atoms with Gasteiger partial charge in [-0.1, -0.05) is 12.1 Å². The number of amides is 1. The minimum Gasteiger partial charge on any atom is -0.481 e. The number of hydrogen-bond donors (Lipinski definition) is 1. The molecule has 0 atom stereocenters. The molecule has 0 unspecified atom stereocenters. The molecule has 26 heavy (non-hydrogen) atoms. The van der Waals surface area contributed by atoms with Crippen LogP contribution in [0.5, 0.6) is 5.88 Å². The smallest absolute Gasteiger partial charge is 0.251 e. The summed E-state index contributed by atoms with van der Waals surface area (Å²) < 4.78 is 5.14. The van der Waals surface area contributed by atoms with Gasteiger partial charge in [0.25, 0.3) is 5.91 Å². The Morgan fingerprint density at radius 2 is 1.96 bits per heavy atom. The zero-order valence-electron chi connectivity index (χ0n) is 15.1. The molecular weight excluding hydrogens is 346 g/mol. The Labute approximate surface area is 157 Å². The summed E-state index contributed by atoms with van der Waals surface area (Å²) in [5, 5.41) is 2.96. The number of carbonyl (C=O) groups is 1. The van der Waals surface area contributed by atoms with Gasteiger partial charge < -0.3 is 10.1 Å². The standard InChI is InChI=1S/C20H21N3O2S/c1-13-10-19(25-3)22-11-17(13)15-4-6-16(7-5-15)20(24)21-9-8-18-14(2)23-12-26-18/h4-7,10-12H,8-9H2,1-3H3,(H,21,24). The zero-order valence-corrected chi connectivity index (χ0v) is 15.9. The summed E-state index contributed by atoms with van der Waals surface area (Å²) in [5.41, 5.74) is 6.65. The molecule has 2 heterocycles. The summed E-state index contributed by atoms with van der Waals surface area (Å²) in [4.78, 5) is 22.0. The maximum Gasteiger partial charge on any atom is 0.251 e. The van der Waals surface area contributed by atoms with E-state index in [1.807, 2.05) is 49.7 Å². The van der Waals surface area contributed by atoms with Gasteiger partial charge in [-0.2, -0.15) is 0 Å². The molecule has 3 rings (SSSR count). The second-order valence-corrected chi connectivity index (χ2v) is 6.93. The van der Waals surface area contributed by atoms with E-state index in [0.717, 1.165) is 28.8 Å². The Bertz CT molecular complexity index is 904. The first-order valence-electron chi connectivity index (χ1n) is 8.36. The van der Waals surface area contributed by atoms with Crippen molar-refractivity contribution >= 4 is 17.2 Å². The molecule has 0 fully saturated rings. The molecule has 0 saturated carbocycles. The normalized spacial score (nSPS) is 10.6. The quantitative estimate of drug-likeness (QED) is 0.720. The minimum atomic E-state index is -0.0664. The minimum absolute atomic E-state index is 0.0664. The number of aryl methyl sites for hydroxylation is 2. The Morgan fingerprint density at radius 1 is 1.19 bits per heavy atom. The fourth-order valence-corrected chi connectivity index (χ4v) is 3.48. The van der Waals surface area contributed by atoms with E-state index in [4.69, 9.17) is 4.74 Å². The number of thiazole rings is 1. The van der Waals surface area contributed by atoms with Crippen molar-refractivity contribution in [3.63, 3.8) is 0 Å². The van der Waals surface area contributed by atoms with E-state index < -0.39 is 0 Å². The van der Waals surface area contributed by atoms with Crippen LogP contribution >= 0.6 is 11.3 Å². The van der Waals surface area contributed by atoms with Crippen molar-refractivity contribution in [1.82, 2.24) is 15.3 Å². The summed E-state index contributed by atoms with van der Waals surface area (Å²) in [7, 11) is 1.60. The van der Waals surface area contributed by atoms with Gasteiger partial charge in [0.05, 0.1) is 18.3 Å². The van der Waals surface area contributed by atoms with Crippen LogP contribution < -0.4 is 10.1 Å². The first kappa shape index (κ1) is 18.1. The molecule has 6 heteroatoms. The van der Waals surface area contributed by atoms with Crippen LogP contribution in [-0.4, -0.2) is 29.5 Å². The number of aromatic nitrogens is 2. The lowest BCUT2D eigenvalue weighted by molar-refractivity contribution is 0.0954. The molecule has 0 aliphatic heterocycles. The number of rotatable bonds is 6. The summed E-state index contributed by atoms with van der Waals surface area (Å²) in [5.74, 6) is 0.529. The molecule has 0 aliphatic rings. The van der Waals surface area contributed by atoms with Gasteiger partial charge in [-0.15, -0.1) is 11.3 Å². The Morgan fingerprint density at radius 3 is 2.58 bits per heavy atom. The number of nitrogens with zero attached hydrogens (tertiary/aromatic N) is 2. The van der Waals surface area contributed by atoms with Crippen LogP contribution in [0, 0.1) is 13.8 Å². The molecule has 134 valence electrons. The van der Waals surface area contributed by atoms with Gasteiger partial charge in [0.2, 0.25) is 5.88 Å². The highest BCUT2D eigenvalue weighted by atomic mass is 32.1. The Hall–Kier alpha value is -2.73. The van der Waals surface area contributed by atoms with Crippen LogP contribution in [-0.2, 0) is 6.42 Å². The SMILES string of the molecule is COc1cc(C)c(-c2ccc(C(=O)NCCc3scnc3C)cc2)cn1. The van der Waals surface area contributed by atoms with Gasteiger partial charge in [-0.3, -0.25) is 4.79 Å².